The molecule has 1 amide bonds. The maximum atomic E-state index is 13.5. The Balaban J connectivity index is 1.26. The topological polar surface area (TPSA) is 175 Å². The second-order valence-corrected chi connectivity index (χ2v) is 12.0. The standard InChI is InChI=1S/C30H34N6O6S/c37-27(26-17-20-42-35-26)34-30(28(38)39,18-7-2-8-19-31-29-32-24-11-5-6-12-25(24)33-29)36-43(40,41)23-15-13-22(14-16-23)21-9-3-1-4-10-21/h1,3-6,9-16,26,35-36H,2,7-8,17-20H2,(H,34,37)(H,38,39)(H2,31,32,33). The number of hydrogen-bond donors (Lipinski definition) is 6. The summed E-state index contributed by atoms with van der Waals surface area (Å²) in [6, 6.07) is 22.4. The number of anilines is 1. The van der Waals surface area contributed by atoms with Crippen LogP contribution in [-0.2, 0) is 24.4 Å². The Morgan fingerprint density at radius 2 is 1.67 bits per heavy atom. The van der Waals surface area contributed by atoms with E-state index in [9.17, 15) is 23.1 Å². The minimum Gasteiger partial charge on any atom is -0.478 e. The normalized spacial score (nSPS) is 16.5. The van der Waals surface area contributed by atoms with Gasteiger partial charge in [0.1, 0.15) is 6.04 Å². The highest BCUT2D eigenvalue weighted by Gasteiger charge is 2.45. The van der Waals surface area contributed by atoms with Crippen LogP contribution in [0.4, 0.5) is 5.95 Å². The van der Waals surface area contributed by atoms with Gasteiger partial charge in [-0.05, 0) is 61.1 Å². The summed E-state index contributed by atoms with van der Waals surface area (Å²) >= 11 is 0. The number of sulfonamides is 1. The first-order chi connectivity index (χ1) is 20.8. The molecule has 0 radical (unpaired) electrons. The number of hydrogen-bond acceptors (Lipinski definition) is 8. The number of H-pyrrole nitrogens is 1. The smallest absolute Gasteiger partial charge is 0.345 e. The number of nitrogens with zero attached hydrogens (tertiary/aromatic N) is 1. The van der Waals surface area contributed by atoms with Crippen molar-refractivity contribution in [1.29, 1.82) is 0 Å². The zero-order valence-corrected chi connectivity index (χ0v) is 24.2. The molecule has 0 aliphatic carbocycles. The first kappa shape index (κ1) is 30.2. The Morgan fingerprint density at radius 3 is 2.37 bits per heavy atom. The number of imidazole rings is 1. The SMILES string of the molecule is O=C(NC(CCCCCNc1nc2ccccc2[nH]1)(NS(=O)(=O)c1ccc(-c2ccccc2)cc1)C(=O)O)C1CCON1. The molecule has 2 atom stereocenters. The van der Waals surface area contributed by atoms with E-state index in [2.05, 4.69) is 30.8 Å². The maximum Gasteiger partial charge on any atom is 0.345 e. The van der Waals surface area contributed by atoms with Crippen LogP contribution in [0, 0.1) is 0 Å². The molecule has 0 spiro atoms. The summed E-state index contributed by atoms with van der Waals surface area (Å²) in [5.74, 6) is -1.55. The number of carbonyl (C=O) groups is 2. The molecule has 1 aliphatic heterocycles. The third-order valence-corrected chi connectivity index (χ3v) is 8.75. The monoisotopic (exact) mass is 606 g/mol. The zero-order chi connectivity index (χ0) is 30.3. The minimum atomic E-state index is -4.35. The minimum absolute atomic E-state index is 0.121. The molecule has 226 valence electrons. The average Bonchev–Trinajstić information content (AvgIpc) is 3.70. The fourth-order valence-corrected chi connectivity index (χ4v) is 6.21. The lowest BCUT2D eigenvalue weighted by Gasteiger charge is -2.32. The number of amides is 1. The number of aromatic nitrogens is 2. The van der Waals surface area contributed by atoms with E-state index >= 15 is 0 Å². The molecule has 0 bridgehead atoms. The van der Waals surface area contributed by atoms with E-state index in [0.717, 1.165) is 22.2 Å². The largest absolute Gasteiger partial charge is 0.478 e. The quantitative estimate of drug-likeness (QED) is 0.0929. The van der Waals surface area contributed by atoms with Crippen LogP contribution in [0.15, 0.2) is 83.8 Å². The van der Waals surface area contributed by atoms with Crippen LogP contribution in [0.3, 0.4) is 0 Å². The summed E-state index contributed by atoms with van der Waals surface area (Å²) in [4.78, 5) is 38.3. The van der Waals surface area contributed by atoms with Gasteiger partial charge in [0.25, 0.3) is 0 Å². The molecule has 5 rings (SSSR count). The lowest BCUT2D eigenvalue weighted by Crippen LogP contribution is -2.67. The summed E-state index contributed by atoms with van der Waals surface area (Å²) < 4.78 is 29.3. The molecule has 1 saturated heterocycles. The van der Waals surface area contributed by atoms with Gasteiger partial charge < -0.3 is 25.6 Å². The zero-order valence-electron chi connectivity index (χ0n) is 23.4. The number of carboxylic acids is 1. The molecule has 43 heavy (non-hydrogen) atoms. The number of carboxylic acid groups (broad SMARTS) is 1. The van der Waals surface area contributed by atoms with Crippen molar-refractivity contribution in [2.75, 3.05) is 18.5 Å². The van der Waals surface area contributed by atoms with Crippen LogP contribution in [-0.4, -0.2) is 60.2 Å². The predicted molar refractivity (Wildman–Crippen MR) is 161 cm³/mol. The predicted octanol–water partition coefficient (Wildman–Crippen LogP) is 3.37. The van der Waals surface area contributed by atoms with Crippen molar-refractivity contribution in [2.45, 2.75) is 48.7 Å². The van der Waals surface area contributed by atoms with Gasteiger partial charge in [-0.25, -0.2) is 18.2 Å². The number of nitrogens with one attached hydrogen (secondary N) is 5. The number of fused-ring (bicyclic) bond motifs is 1. The van der Waals surface area contributed by atoms with Crippen LogP contribution < -0.4 is 20.8 Å². The number of para-hydroxylation sites is 2. The number of carbonyl (C=O) groups excluding carboxylic acids is 1. The van der Waals surface area contributed by atoms with Gasteiger partial charge in [0, 0.05) is 6.54 Å². The third kappa shape index (κ3) is 7.38. The fraction of sp³-hybridized carbons (Fsp3) is 0.300. The molecule has 1 aromatic heterocycles. The van der Waals surface area contributed by atoms with Crippen molar-refractivity contribution in [2.24, 2.45) is 0 Å². The molecule has 12 nitrogen and oxygen atoms in total. The summed E-state index contributed by atoms with van der Waals surface area (Å²) in [5.41, 5.74) is 3.74. The molecule has 0 saturated carbocycles. The van der Waals surface area contributed by atoms with Gasteiger partial charge >= 0.3 is 5.97 Å². The molecule has 1 aliphatic rings. The molecule has 6 N–H and O–H groups in total. The van der Waals surface area contributed by atoms with Gasteiger partial charge in [-0.15, -0.1) is 0 Å². The van der Waals surface area contributed by atoms with E-state index in [4.69, 9.17) is 4.84 Å². The summed E-state index contributed by atoms with van der Waals surface area (Å²) in [5, 5.41) is 16.0. The van der Waals surface area contributed by atoms with Crippen LogP contribution in [0.5, 0.6) is 0 Å². The van der Waals surface area contributed by atoms with Crippen molar-refractivity contribution in [3.8, 4) is 11.1 Å². The Kier molecular flexibility index (Phi) is 9.36. The highest BCUT2D eigenvalue weighted by Crippen LogP contribution is 2.23. The number of aromatic amines is 1. The van der Waals surface area contributed by atoms with Gasteiger partial charge in [0.2, 0.25) is 27.5 Å². The fourth-order valence-electron chi connectivity index (χ4n) is 4.90. The van der Waals surface area contributed by atoms with Crippen molar-refractivity contribution >= 4 is 38.9 Å². The van der Waals surface area contributed by atoms with E-state index in [-0.39, 0.29) is 17.9 Å². The molecular weight excluding hydrogens is 572 g/mol. The van der Waals surface area contributed by atoms with E-state index in [1.54, 1.807) is 12.1 Å². The van der Waals surface area contributed by atoms with Gasteiger partial charge in [-0.1, -0.05) is 61.0 Å². The molecular formula is C30H34N6O6S. The molecule has 13 heteroatoms. The first-order valence-corrected chi connectivity index (χ1v) is 15.5. The van der Waals surface area contributed by atoms with Crippen molar-refractivity contribution in [3.05, 3.63) is 78.9 Å². The second kappa shape index (κ2) is 13.3. The van der Waals surface area contributed by atoms with Crippen molar-refractivity contribution in [3.63, 3.8) is 0 Å². The van der Waals surface area contributed by atoms with Gasteiger partial charge in [0.15, 0.2) is 0 Å². The number of benzene rings is 3. The van der Waals surface area contributed by atoms with E-state index in [1.807, 2.05) is 54.6 Å². The third-order valence-electron chi connectivity index (χ3n) is 7.24. The summed E-state index contributed by atoms with van der Waals surface area (Å²) in [7, 11) is -4.35. The molecule has 2 unspecified atom stereocenters. The number of rotatable bonds is 14. The molecule has 2 heterocycles. The summed E-state index contributed by atoms with van der Waals surface area (Å²) in [6.07, 6.45) is 1.69. The lowest BCUT2D eigenvalue weighted by atomic mass is 10.0. The molecule has 3 aromatic carbocycles. The van der Waals surface area contributed by atoms with E-state index in [1.165, 1.54) is 12.1 Å². The average molecular weight is 607 g/mol. The van der Waals surface area contributed by atoms with E-state index in [0.29, 0.717) is 38.2 Å². The number of aliphatic carboxylic acids is 1. The van der Waals surface area contributed by atoms with Gasteiger partial charge in [-0.3, -0.25) is 4.79 Å². The Morgan fingerprint density at radius 1 is 0.953 bits per heavy atom. The highest BCUT2D eigenvalue weighted by molar-refractivity contribution is 7.89. The number of hydroxylamine groups is 1. The molecule has 1 fully saturated rings. The lowest BCUT2D eigenvalue weighted by molar-refractivity contribution is -0.149. The van der Waals surface area contributed by atoms with Gasteiger partial charge in [-0.2, -0.15) is 10.2 Å². The van der Waals surface area contributed by atoms with Crippen molar-refractivity contribution < 1.29 is 28.0 Å². The van der Waals surface area contributed by atoms with Crippen LogP contribution in [0.25, 0.3) is 22.2 Å². The van der Waals surface area contributed by atoms with Crippen LogP contribution >= 0.6 is 0 Å². The second-order valence-electron chi connectivity index (χ2n) is 10.3. The maximum absolute atomic E-state index is 13.5. The summed E-state index contributed by atoms with van der Waals surface area (Å²) in [6.45, 7) is 0.838. The van der Waals surface area contributed by atoms with Crippen LogP contribution in [0.1, 0.15) is 32.1 Å². The van der Waals surface area contributed by atoms with Crippen molar-refractivity contribution in [1.82, 2.24) is 25.5 Å². The van der Waals surface area contributed by atoms with E-state index < -0.39 is 33.6 Å². The Bertz CT molecular complexity index is 1620. The first-order valence-electron chi connectivity index (χ1n) is 14.1. The molecule has 4 aromatic rings. The van der Waals surface area contributed by atoms with Gasteiger partial charge in [0.05, 0.1) is 22.5 Å². The Hall–Kier alpha value is -4.30. The highest BCUT2D eigenvalue weighted by atomic mass is 32.2. The van der Waals surface area contributed by atoms with Crippen LogP contribution in [0.2, 0.25) is 0 Å². The number of unbranched alkanes of at least 4 members (excludes halogenated alkanes) is 2. The Labute approximate surface area is 249 Å².